The number of aromatic nitrogens is 2. The summed E-state index contributed by atoms with van der Waals surface area (Å²) in [4.78, 5) is 4.40. The SMILES string of the molecule is COC1(c2noc(C(N)CC(C)C)n2)CCC1. The van der Waals surface area contributed by atoms with Crippen molar-refractivity contribution in [3.05, 3.63) is 11.7 Å². The molecule has 1 aromatic heterocycles. The molecule has 0 saturated heterocycles. The van der Waals surface area contributed by atoms with E-state index in [9.17, 15) is 0 Å². The Morgan fingerprint density at radius 2 is 2.18 bits per heavy atom. The number of nitrogens with two attached hydrogens (primary N) is 1. The molecule has 1 aromatic rings. The molecule has 1 fully saturated rings. The third-order valence-electron chi connectivity index (χ3n) is 3.44. The predicted molar refractivity (Wildman–Crippen MR) is 63.2 cm³/mol. The first kappa shape index (κ1) is 12.5. The fraction of sp³-hybridized carbons (Fsp3) is 0.833. The molecule has 0 spiro atoms. The van der Waals surface area contributed by atoms with E-state index in [1.807, 2.05) is 0 Å². The van der Waals surface area contributed by atoms with Crippen LogP contribution >= 0.6 is 0 Å². The van der Waals surface area contributed by atoms with Gasteiger partial charge in [0.25, 0.3) is 0 Å². The van der Waals surface area contributed by atoms with Gasteiger partial charge in [-0.3, -0.25) is 0 Å². The number of rotatable bonds is 5. The van der Waals surface area contributed by atoms with Gasteiger partial charge in [0.15, 0.2) is 0 Å². The van der Waals surface area contributed by atoms with E-state index in [0.717, 1.165) is 25.7 Å². The molecule has 17 heavy (non-hydrogen) atoms. The summed E-state index contributed by atoms with van der Waals surface area (Å²) in [7, 11) is 1.70. The van der Waals surface area contributed by atoms with Gasteiger partial charge in [-0.05, 0) is 31.6 Å². The largest absolute Gasteiger partial charge is 0.370 e. The highest BCUT2D eigenvalue weighted by atomic mass is 16.5. The summed E-state index contributed by atoms with van der Waals surface area (Å²) >= 11 is 0. The van der Waals surface area contributed by atoms with Gasteiger partial charge < -0.3 is 15.0 Å². The topological polar surface area (TPSA) is 74.2 Å². The predicted octanol–water partition coefficient (Wildman–Crippen LogP) is 2.14. The molecule has 96 valence electrons. The van der Waals surface area contributed by atoms with Crippen LogP contribution in [-0.4, -0.2) is 17.3 Å². The summed E-state index contributed by atoms with van der Waals surface area (Å²) in [5.74, 6) is 1.69. The van der Waals surface area contributed by atoms with E-state index in [4.69, 9.17) is 15.0 Å². The van der Waals surface area contributed by atoms with Gasteiger partial charge in [0.1, 0.15) is 5.60 Å². The molecule has 0 radical (unpaired) electrons. The monoisotopic (exact) mass is 239 g/mol. The molecule has 1 saturated carbocycles. The summed E-state index contributed by atoms with van der Waals surface area (Å²) in [6, 6.07) is -0.176. The maximum Gasteiger partial charge on any atom is 0.243 e. The summed E-state index contributed by atoms with van der Waals surface area (Å²) in [6.07, 6.45) is 3.92. The molecule has 0 aromatic carbocycles. The summed E-state index contributed by atoms with van der Waals surface area (Å²) in [6.45, 7) is 4.25. The van der Waals surface area contributed by atoms with E-state index < -0.39 is 0 Å². The smallest absolute Gasteiger partial charge is 0.243 e. The number of hydrogen-bond donors (Lipinski definition) is 1. The Kier molecular flexibility index (Phi) is 3.49. The van der Waals surface area contributed by atoms with E-state index in [1.54, 1.807) is 7.11 Å². The number of methoxy groups -OCH3 is 1. The maximum atomic E-state index is 6.02. The molecule has 1 aliphatic rings. The van der Waals surface area contributed by atoms with E-state index in [1.165, 1.54) is 0 Å². The van der Waals surface area contributed by atoms with Crippen LogP contribution in [0.25, 0.3) is 0 Å². The lowest BCUT2D eigenvalue weighted by molar-refractivity contribution is -0.0858. The van der Waals surface area contributed by atoms with Crippen molar-refractivity contribution in [3.8, 4) is 0 Å². The van der Waals surface area contributed by atoms with Gasteiger partial charge in [0.05, 0.1) is 6.04 Å². The van der Waals surface area contributed by atoms with Crippen molar-refractivity contribution in [3.63, 3.8) is 0 Å². The minimum absolute atomic E-state index is 0.176. The molecule has 5 nitrogen and oxygen atoms in total. The Hall–Kier alpha value is -0.940. The molecule has 1 aliphatic carbocycles. The van der Waals surface area contributed by atoms with Crippen molar-refractivity contribution in [2.75, 3.05) is 7.11 Å². The van der Waals surface area contributed by atoms with Crippen molar-refractivity contribution in [1.82, 2.24) is 10.1 Å². The molecule has 1 heterocycles. The van der Waals surface area contributed by atoms with Gasteiger partial charge in [-0.15, -0.1) is 0 Å². The zero-order valence-electron chi connectivity index (χ0n) is 10.8. The molecule has 2 N–H and O–H groups in total. The van der Waals surface area contributed by atoms with Crippen LogP contribution in [0.15, 0.2) is 4.52 Å². The van der Waals surface area contributed by atoms with Crippen LogP contribution in [0.4, 0.5) is 0 Å². The normalized spacial score (nSPS) is 20.3. The third kappa shape index (κ3) is 2.35. The van der Waals surface area contributed by atoms with Crippen LogP contribution < -0.4 is 5.73 Å². The second-order valence-corrected chi connectivity index (χ2v) is 5.24. The van der Waals surface area contributed by atoms with Crippen LogP contribution in [0.2, 0.25) is 0 Å². The highest BCUT2D eigenvalue weighted by molar-refractivity contribution is 5.07. The van der Waals surface area contributed by atoms with Crippen LogP contribution in [-0.2, 0) is 10.3 Å². The minimum atomic E-state index is -0.320. The third-order valence-corrected chi connectivity index (χ3v) is 3.44. The summed E-state index contributed by atoms with van der Waals surface area (Å²) in [5.41, 5.74) is 5.70. The molecule has 1 unspecified atom stereocenters. The lowest BCUT2D eigenvalue weighted by Crippen LogP contribution is -2.37. The van der Waals surface area contributed by atoms with E-state index in [2.05, 4.69) is 24.0 Å². The van der Waals surface area contributed by atoms with Crippen LogP contribution in [0, 0.1) is 5.92 Å². The number of nitrogens with zero attached hydrogens (tertiary/aromatic N) is 2. The second kappa shape index (κ2) is 4.74. The molecule has 0 aliphatic heterocycles. The summed E-state index contributed by atoms with van der Waals surface area (Å²) < 4.78 is 10.8. The average Bonchev–Trinajstić information content (AvgIpc) is 2.65. The van der Waals surface area contributed by atoms with Crippen molar-refractivity contribution in [2.24, 2.45) is 11.7 Å². The molecule has 1 atom stereocenters. The van der Waals surface area contributed by atoms with Gasteiger partial charge in [-0.2, -0.15) is 4.98 Å². The quantitative estimate of drug-likeness (QED) is 0.852. The highest BCUT2D eigenvalue weighted by Crippen LogP contribution is 2.42. The van der Waals surface area contributed by atoms with Crippen LogP contribution in [0.3, 0.4) is 0 Å². The van der Waals surface area contributed by atoms with Gasteiger partial charge in [0, 0.05) is 7.11 Å². The van der Waals surface area contributed by atoms with Crippen LogP contribution in [0.5, 0.6) is 0 Å². The van der Waals surface area contributed by atoms with E-state index in [-0.39, 0.29) is 11.6 Å². The molecule has 5 heteroatoms. The minimum Gasteiger partial charge on any atom is -0.370 e. The molecule has 2 rings (SSSR count). The molecular formula is C12H21N3O2. The second-order valence-electron chi connectivity index (χ2n) is 5.24. The van der Waals surface area contributed by atoms with E-state index in [0.29, 0.717) is 17.6 Å². The standard InChI is InChI=1S/C12H21N3O2/c1-8(2)7-9(13)10-14-11(15-17-10)12(16-3)5-4-6-12/h8-9H,4-7,13H2,1-3H3. The fourth-order valence-electron chi connectivity index (χ4n) is 2.20. The highest BCUT2D eigenvalue weighted by Gasteiger charge is 2.43. The Labute approximate surface area is 102 Å². The van der Waals surface area contributed by atoms with Crippen LogP contribution in [0.1, 0.15) is 57.3 Å². The lowest BCUT2D eigenvalue weighted by atomic mass is 9.79. The van der Waals surface area contributed by atoms with Gasteiger partial charge in [-0.25, -0.2) is 0 Å². The zero-order chi connectivity index (χ0) is 12.5. The Morgan fingerprint density at radius 1 is 1.47 bits per heavy atom. The van der Waals surface area contributed by atoms with Gasteiger partial charge >= 0.3 is 0 Å². The van der Waals surface area contributed by atoms with Crippen molar-refractivity contribution >= 4 is 0 Å². The fourth-order valence-corrected chi connectivity index (χ4v) is 2.20. The Bertz CT molecular complexity index is 366. The van der Waals surface area contributed by atoms with Gasteiger partial charge in [0.2, 0.25) is 11.7 Å². The Balaban J connectivity index is 2.10. The lowest BCUT2D eigenvalue weighted by Gasteiger charge is -2.37. The first-order valence-electron chi connectivity index (χ1n) is 6.22. The van der Waals surface area contributed by atoms with Gasteiger partial charge in [-0.1, -0.05) is 19.0 Å². The molecule has 0 bridgehead atoms. The van der Waals surface area contributed by atoms with E-state index >= 15 is 0 Å². The van der Waals surface area contributed by atoms with Crippen molar-refractivity contribution in [1.29, 1.82) is 0 Å². The summed E-state index contributed by atoms with van der Waals surface area (Å²) in [5, 5.41) is 4.02. The zero-order valence-corrected chi connectivity index (χ0v) is 10.8. The maximum absolute atomic E-state index is 6.02. The van der Waals surface area contributed by atoms with Crippen molar-refractivity contribution in [2.45, 2.75) is 51.2 Å². The van der Waals surface area contributed by atoms with Crippen molar-refractivity contribution < 1.29 is 9.26 Å². The molecule has 0 amide bonds. The number of hydrogen-bond acceptors (Lipinski definition) is 5. The average molecular weight is 239 g/mol. The Morgan fingerprint density at radius 3 is 2.65 bits per heavy atom. The first-order valence-corrected chi connectivity index (χ1v) is 6.22. The first-order chi connectivity index (χ1) is 8.07. The molecular weight excluding hydrogens is 218 g/mol. The number of ether oxygens (including phenoxy) is 1.